The summed E-state index contributed by atoms with van der Waals surface area (Å²) in [5, 5.41) is 0.709. The van der Waals surface area contributed by atoms with Gasteiger partial charge in [-0.25, -0.2) is 0 Å². The predicted octanol–water partition coefficient (Wildman–Crippen LogP) is 3.17. The minimum Gasteiger partial charge on any atom is -0.397 e. The molecule has 2 rings (SSSR count). The van der Waals surface area contributed by atoms with E-state index in [-0.39, 0.29) is 0 Å². The van der Waals surface area contributed by atoms with Crippen molar-refractivity contribution in [3.63, 3.8) is 0 Å². The zero-order valence-electron chi connectivity index (χ0n) is 8.07. The Kier molecular flexibility index (Phi) is 2.52. The van der Waals surface area contributed by atoms with Crippen molar-refractivity contribution in [1.29, 1.82) is 0 Å². The van der Waals surface area contributed by atoms with Crippen LogP contribution >= 0.6 is 11.6 Å². The number of hydrogen-bond donors (Lipinski definition) is 2. The molecule has 0 radical (unpaired) electrons. The van der Waals surface area contributed by atoms with Gasteiger partial charge in [-0.1, -0.05) is 35.9 Å². The smallest absolute Gasteiger partial charge is 0.0627 e. The van der Waals surface area contributed by atoms with E-state index < -0.39 is 0 Å². The number of rotatable bonds is 1. The van der Waals surface area contributed by atoms with E-state index in [1.807, 2.05) is 36.4 Å². The first-order valence-corrected chi connectivity index (χ1v) is 4.96. The molecule has 0 aromatic heterocycles. The van der Waals surface area contributed by atoms with Gasteiger partial charge < -0.3 is 11.5 Å². The number of hydrogen-bond acceptors (Lipinski definition) is 2. The number of benzene rings is 2. The van der Waals surface area contributed by atoms with E-state index in [4.69, 9.17) is 23.1 Å². The Balaban J connectivity index is 2.54. The number of halogens is 1. The Morgan fingerprint density at radius 2 is 1.53 bits per heavy atom. The van der Waals surface area contributed by atoms with Crippen LogP contribution in [0.1, 0.15) is 0 Å². The molecule has 3 heteroatoms. The summed E-state index contributed by atoms with van der Waals surface area (Å²) in [7, 11) is 0. The highest BCUT2D eigenvalue weighted by Gasteiger charge is 2.04. The van der Waals surface area contributed by atoms with Crippen molar-refractivity contribution in [1.82, 2.24) is 0 Å². The lowest BCUT2D eigenvalue weighted by Gasteiger charge is -2.07. The van der Waals surface area contributed by atoms with Crippen LogP contribution in [0.15, 0.2) is 42.5 Å². The molecule has 0 spiro atoms. The molecule has 0 aliphatic rings. The second kappa shape index (κ2) is 3.83. The first-order chi connectivity index (χ1) is 7.18. The zero-order valence-corrected chi connectivity index (χ0v) is 8.83. The third-order valence-electron chi connectivity index (χ3n) is 2.30. The van der Waals surface area contributed by atoms with Crippen LogP contribution in [0.25, 0.3) is 11.1 Å². The Labute approximate surface area is 93.5 Å². The minimum atomic E-state index is 0.599. The maximum atomic E-state index is 5.89. The number of nitrogens with two attached hydrogens (primary N) is 2. The van der Waals surface area contributed by atoms with Gasteiger partial charge in [0.25, 0.3) is 0 Å². The van der Waals surface area contributed by atoms with Crippen LogP contribution in [0.5, 0.6) is 0 Å². The summed E-state index contributed by atoms with van der Waals surface area (Å²) in [5.41, 5.74) is 14.8. The Hall–Kier alpha value is -1.67. The fourth-order valence-electron chi connectivity index (χ4n) is 1.46. The molecule has 0 saturated heterocycles. The van der Waals surface area contributed by atoms with Gasteiger partial charge in [0, 0.05) is 10.6 Å². The molecule has 0 amide bonds. The molecular formula is C12H11ClN2. The Morgan fingerprint density at radius 1 is 0.867 bits per heavy atom. The summed E-state index contributed by atoms with van der Waals surface area (Å²) in [6, 6.07) is 13.1. The molecule has 76 valence electrons. The first-order valence-electron chi connectivity index (χ1n) is 4.58. The van der Waals surface area contributed by atoms with E-state index in [9.17, 15) is 0 Å². The van der Waals surface area contributed by atoms with E-state index in [1.54, 1.807) is 6.07 Å². The van der Waals surface area contributed by atoms with Crippen LogP contribution < -0.4 is 11.5 Å². The molecular weight excluding hydrogens is 208 g/mol. The van der Waals surface area contributed by atoms with Crippen LogP contribution in [0.2, 0.25) is 5.02 Å². The van der Waals surface area contributed by atoms with Crippen molar-refractivity contribution >= 4 is 23.0 Å². The van der Waals surface area contributed by atoms with Crippen molar-refractivity contribution in [2.45, 2.75) is 0 Å². The summed E-state index contributed by atoms with van der Waals surface area (Å²) in [5.74, 6) is 0. The van der Waals surface area contributed by atoms with Gasteiger partial charge in [-0.15, -0.1) is 0 Å². The normalized spacial score (nSPS) is 10.2. The van der Waals surface area contributed by atoms with Crippen molar-refractivity contribution in [3.8, 4) is 11.1 Å². The molecule has 2 aromatic rings. The lowest BCUT2D eigenvalue weighted by Crippen LogP contribution is -1.96. The van der Waals surface area contributed by atoms with Gasteiger partial charge in [0.2, 0.25) is 0 Å². The van der Waals surface area contributed by atoms with Gasteiger partial charge in [0.05, 0.1) is 11.4 Å². The standard InChI is InChI=1S/C12H11ClN2/c13-9-6-4-8(5-7-9)10-2-1-3-11(14)12(10)15/h1-7H,14-15H2. The molecule has 0 heterocycles. The number of nitrogen functional groups attached to an aromatic ring is 2. The van der Waals surface area contributed by atoms with Crippen molar-refractivity contribution in [2.24, 2.45) is 0 Å². The third-order valence-corrected chi connectivity index (χ3v) is 2.55. The molecule has 0 unspecified atom stereocenters. The van der Waals surface area contributed by atoms with Gasteiger partial charge in [-0.2, -0.15) is 0 Å². The summed E-state index contributed by atoms with van der Waals surface area (Å²) in [4.78, 5) is 0. The average molecular weight is 219 g/mol. The van der Waals surface area contributed by atoms with E-state index in [1.165, 1.54) is 0 Å². The second-order valence-electron chi connectivity index (χ2n) is 3.32. The van der Waals surface area contributed by atoms with Gasteiger partial charge >= 0.3 is 0 Å². The molecule has 0 aliphatic heterocycles. The van der Waals surface area contributed by atoms with Crippen molar-refractivity contribution in [2.75, 3.05) is 11.5 Å². The fraction of sp³-hybridized carbons (Fsp3) is 0. The molecule has 0 atom stereocenters. The largest absolute Gasteiger partial charge is 0.397 e. The average Bonchev–Trinajstić information content (AvgIpc) is 2.24. The van der Waals surface area contributed by atoms with Crippen LogP contribution in [-0.4, -0.2) is 0 Å². The SMILES string of the molecule is Nc1cccc(-c2ccc(Cl)cc2)c1N. The molecule has 0 saturated carbocycles. The molecule has 15 heavy (non-hydrogen) atoms. The summed E-state index contributed by atoms with van der Waals surface area (Å²) in [6.45, 7) is 0. The van der Waals surface area contributed by atoms with Crippen LogP contribution in [0.3, 0.4) is 0 Å². The van der Waals surface area contributed by atoms with E-state index in [0.29, 0.717) is 16.4 Å². The first kappa shape index (κ1) is 9.87. The van der Waals surface area contributed by atoms with Gasteiger partial charge in [0.15, 0.2) is 0 Å². The predicted molar refractivity (Wildman–Crippen MR) is 65.7 cm³/mol. The minimum absolute atomic E-state index is 0.599. The molecule has 4 N–H and O–H groups in total. The van der Waals surface area contributed by atoms with Crippen molar-refractivity contribution in [3.05, 3.63) is 47.5 Å². The molecule has 2 aromatic carbocycles. The van der Waals surface area contributed by atoms with Crippen LogP contribution in [-0.2, 0) is 0 Å². The maximum Gasteiger partial charge on any atom is 0.0627 e. The fourth-order valence-corrected chi connectivity index (χ4v) is 1.59. The van der Waals surface area contributed by atoms with Gasteiger partial charge in [-0.3, -0.25) is 0 Å². The lowest BCUT2D eigenvalue weighted by atomic mass is 10.0. The summed E-state index contributed by atoms with van der Waals surface area (Å²) in [6.07, 6.45) is 0. The molecule has 0 bridgehead atoms. The van der Waals surface area contributed by atoms with E-state index in [0.717, 1.165) is 11.1 Å². The summed E-state index contributed by atoms with van der Waals surface area (Å²) < 4.78 is 0. The van der Waals surface area contributed by atoms with Crippen LogP contribution in [0.4, 0.5) is 11.4 Å². The van der Waals surface area contributed by atoms with Gasteiger partial charge in [0.1, 0.15) is 0 Å². The second-order valence-corrected chi connectivity index (χ2v) is 3.75. The Bertz CT molecular complexity index is 477. The molecule has 0 fully saturated rings. The van der Waals surface area contributed by atoms with Crippen molar-refractivity contribution < 1.29 is 0 Å². The zero-order chi connectivity index (χ0) is 10.8. The quantitative estimate of drug-likeness (QED) is 0.723. The van der Waals surface area contributed by atoms with E-state index in [2.05, 4.69) is 0 Å². The highest BCUT2D eigenvalue weighted by atomic mass is 35.5. The monoisotopic (exact) mass is 218 g/mol. The van der Waals surface area contributed by atoms with Gasteiger partial charge in [-0.05, 0) is 23.8 Å². The topological polar surface area (TPSA) is 52.0 Å². The molecule has 0 aliphatic carbocycles. The highest BCUT2D eigenvalue weighted by molar-refractivity contribution is 6.30. The molecule has 2 nitrogen and oxygen atoms in total. The third kappa shape index (κ3) is 1.90. The van der Waals surface area contributed by atoms with E-state index >= 15 is 0 Å². The van der Waals surface area contributed by atoms with Crippen LogP contribution in [0, 0.1) is 0 Å². The summed E-state index contributed by atoms with van der Waals surface area (Å²) >= 11 is 5.81. The lowest BCUT2D eigenvalue weighted by molar-refractivity contribution is 1.60. The maximum absolute atomic E-state index is 5.89. The Morgan fingerprint density at radius 3 is 2.20 bits per heavy atom. The highest BCUT2D eigenvalue weighted by Crippen LogP contribution is 2.30. The number of anilines is 2. The number of para-hydroxylation sites is 1.